The van der Waals surface area contributed by atoms with Gasteiger partial charge in [-0.3, -0.25) is 0 Å². The fourth-order valence-electron chi connectivity index (χ4n) is 8.45. The molecule has 0 unspecified atom stereocenters. The lowest BCUT2D eigenvalue weighted by atomic mass is 9.31. The van der Waals surface area contributed by atoms with Gasteiger partial charge in [-0.2, -0.15) is 0 Å². The molecule has 0 nitrogen and oxygen atoms in total. The van der Waals surface area contributed by atoms with Crippen LogP contribution in [-0.4, -0.2) is 12.4 Å². The molecule has 0 heterocycles. The summed E-state index contributed by atoms with van der Waals surface area (Å²) in [6.07, 6.45) is 1.21. The van der Waals surface area contributed by atoms with Crippen LogP contribution in [0, 0.1) is 99.7 Å². The molecule has 0 bridgehead atoms. The van der Waals surface area contributed by atoms with Crippen LogP contribution in [0.2, 0.25) is 5.82 Å². The predicted octanol–water partition coefficient (Wildman–Crippen LogP) is 8.45. The number of rotatable bonds is 6. The van der Waals surface area contributed by atoms with Crippen LogP contribution in [0.25, 0.3) is 0 Å². The van der Waals surface area contributed by atoms with Gasteiger partial charge in [0.1, 0.15) is 33.9 Å². The maximum absolute atomic E-state index is 15.8. The van der Waals surface area contributed by atoms with Crippen molar-refractivity contribution in [1.82, 2.24) is 0 Å². The molecular formula is C36H34BF10P. The fraction of sp³-hybridized carbons (Fsp3) is 0.333. The van der Waals surface area contributed by atoms with Gasteiger partial charge >= 0.3 is 0 Å². The average molecular weight is 698 g/mol. The average Bonchev–Trinajstić information content (AvgIpc) is 3.02. The van der Waals surface area contributed by atoms with Crippen molar-refractivity contribution in [3.8, 4) is 0 Å². The van der Waals surface area contributed by atoms with Crippen molar-refractivity contribution < 1.29 is 43.9 Å². The molecule has 0 amide bonds. The fourth-order valence-corrected chi connectivity index (χ4v) is 12.8. The van der Waals surface area contributed by atoms with Gasteiger partial charge in [-0.05, 0) is 76.6 Å². The molecule has 0 aromatic heterocycles. The van der Waals surface area contributed by atoms with E-state index in [1.807, 2.05) is 65.8 Å². The maximum atomic E-state index is 15.8. The zero-order valence-corrected chi connectivity index (χ0v) is 28.3. The Morgan fingerprint density at radius 1 is 0.458 bits per heavy atom. The van der Waals surface area contributed by atoms with E-state index < -0.39 is 95.2 Å². The quantitative estimate of drug-likeness (QED) is 0.0624. The van der Waals surface area contributed by atoms with Crippen molar-refractivity contribution in [3.63, 3.8) is 0 Å². The molecule has 0 aliphatic heterocycles. The van der Waals surface area contributed by atoms with Crippen molar-refractivity contribution in [1.29, 1.82) is 0 Å². The lowest BCUT2D eigenvalue weighted by Crippen LogP contribution is -2.56. The van der Waals surface area contributed by atoms with Gasteiger partial charge in [0, 0.05) is 5.66 Å². The second-order valence-electron chi connectivity index (χ2n) is 13.3. The Hall–Kier alpha value is -3.33. The Balaban J connectivity index is 1.92. The van der Waals surface area contributed by atoms with Gasteiger partial charge < -0.3 is 0 Å². The van der Waals surface area contributed by atoms with Gasteiger partial charge in [0.2, 0.25) is 0 Å². The second-order valence-corrected chi connectivity index (χ2v) is 15.9. The first-order chi connectivity index (χ1) is 22.5. The standard InChI is InChI=1S/C36H33BF10P/c1-15-11-17(3)35(18(4)12-15)48(36-19(5)13-16(2)14-20(36)6)22-10-8-7-9-21(22)37(23-25(38)29(42)33(46)30(43)26(23)39)24-27(40)31(44)34(47)32(45)28(24)41/h11-14,21-22,37H,7-10H2,1-6H3/q-1/p+1/t21-,22-/m1/s1. The van der Waals surface area contributed by atoms with E-state index in [1.165, 1.54) is 0 Å². The van der Waals surface area contributed by atoms with Crippen molar-refractivity contribution in [3.05, 3.63) is 116 Å². The second kappa shape index (κ2) is 13.5. The molecule has 48 heavy (non-hydrogen) atoms. The monoisotopic (exact) mass is 698 g/mol. The predicted molar refractivity (Wildman–Crippen MR) is 174 cm³/mol. The third-order valence-electron chi connectivity index (χ3n) is 10.1. The Morgan fingerprint density at radius 3 is 1.08 bits per heavy atom. The summed E-state index contributed by atoms with van der Waals surface area (Å²) < 4.78 is 151. The zero-order valence-electron chi connectivity index (χ0n) is 27.3. The van der Waals surface area contributed by atoms with Crippen molar-refractivity contribution in [2.45, 2.75) is 78.7 Å². The number of hydrogen-bond acceptors (Lipinski definition) is 0. The SMILES string of the molecule is Cc1cc(C)c([PH+](c2c(C)cc(C)cc2C)[C@@H]2CCCC[C@H]2[BH-](c2c(F)c(F)c(F)c(F)c2F)c2c(F)c(F)c(F)c(F)c2F)c(C)c1. The van der Waals surface area contributed by atoms with Crippen LogP contribution in [0.3, 0.4) is 0 Å². The Kier molecular flexibility index (Phi) is 10.1. The van der Waals surface area contributed by atoms with Gasteiger partial charge in [-0.25, -0.2) is 43.9 Å². The van der Waals surface area contributed by atoms with E-state index in [1.54, 1.807) is 0 Å². The van der Waals surface area contributed by atoms with Crippen LogP contribution in [-0.2, 0) is 0 Å². The molecule has 12 heteroatoms. The van der Waals surface area contributed by atoms with E-state index >= 15 is 17.6 Å². The van der Waals surface area contributed by atoms with E-state index in [2.05, 4.69) is 0 Å². The lowest BCUT2D eigenvalue weighted by molar-refractivity contribution is 0.381. The Bertz CT molecular complexity index is 1710. The Morgan fingerprint density at radius 2 is 0.750 bits per heavy atom. The minimum absolute atomic E-state index is 0.00820. The molecule has 0 spiro atoms. The van der Waals surface area contributed by atoms with Crippen LogP contribution in [0.1, 0.15) is 59.1 Å². The van der Waals surface area contributed by atoms with E-state index in [9.17, 15) is 26.3 Å². The van der Waals surface area contributed by atoms with Crippen molar-refractivity contribution >= 4 is 36.2 Å². The van der Waals surface area contributed by atoms with Crippen LogP contribution < -0.4 is 21.5 Å². The Labute approximate surface area is 274 Å². The molecule has 4 aromatic rings. The highest BCUT2D eigenvalue weighted by Gasteiger charge is 2.46. The van der Waals surface area contributed by atoms with Gasteiger partial charge in [0.25, 0.3) is 0 Å². The first kappa shape index (κ1) is 36.0. The minimum Gasteiger partial charge on any atom is -0.207 e. The molecule has 2 atom stereocenters. The van der Waals surface area contributed by atoms with Crippen molar-refractivity contribution in [2.75, 3.05) is 0 Å². The minimum atomic E-state index is -3.70. The highest BCUT2D eigenvalue weighted by molar-refractivity contribution is 7.74. The van der Waals surface area contributed by atoms with Crippen molar-refractivity contribution in [2.24, 2.45) is 0 Å². The number of hydrogen-bond donors (Lipinski definition) is 0. The number of halogens is 10. The summed E-state index contributed by atoms with van der Waals surface area (Å²) in [6, 6.07) is 7.84. The lowest BCUT2D eigenvalue weighted by Gasteiger charge is -2.44. The van der Waals surface area contributed by atoms with Gasteiger partial charge in [-0.1, -0.05) is 48.2 Å². The van der Waals surface area contributed by atoms with E-state index in [-0.39, 0.29) is 6.42 Å². The van der Waals surface area contributed by atoms with E-state index in [0.29, 0.717) is 19.3 Å². The molecule has 4 aromatic carbocycles. The van der Waals surface area contributed by atoms with Crippen LogP contribution in [0.4, 0.5) is 43.9 Å². The van der Waals surface area contributed by atoms with Gasteiger partial charge in [-0.15, -0.1) is 16.7 Å². The molecule has 5 rings (SSSR count). The van der Waals surface area contributed by atoms with Crippen LogP contribution >= 0.6 is 7.92 Å². The molecule has 1 aliphatic rings. The summed E-state index contributed by atoms with van der Waals surface area (Å²) in [7, 11) is -2.16. The summed E-state index contributed by atoms with van der Waals surface area (Å²) in [4.78, 5) is 0. The third kappa shape index (κ3) is 5.94. The molecule has 0 N–H and O–H groups in total. The molecule has 0 radical (unpaired) electrons. The maximum Gasteiger partial charge on any atom is 0.200 e. The summed E-state index contributed by atoms with van der Waals surface area (Å²) in [6.45, 7) is 7.72. The highest BCUT2D eigenvalue weighted by atomic mass is 31.1. The first-order valence-corrected chi connectivity index (χ1v) is 17.3. The molecule has 1 fully saturated rings. The molecular weight excluding hydrogens is 664 g/mol. The summed E-state index contributed by atoms with van der Waals surface area (Å²) in [5.74, 6) is -25.0. The van der Waals surface area contributed by atoms with E-state index in [0.717, 1.165) is 44.0 Å². The smallest absolute Gasteiger partial charge is 0.200 e. The largest absolute Gasteiger partial charge is 0.207 e. The number of aryl methyl sites for hydroxylation is 6. The topological polar surface area (TPSA) is 0 Å². The molecule has 1 aliphatic carbocycles. The van der Waals surface area contributed by atoms with Crippen LogP contribution in [0.15, 0.2) is 24.3 Å². The zero-order chi connectivity index (χ0) is 35.5. The number of benzene rings is 4. The van der Waals surface area contributed by atoms with Gasteiger partial charge in [0.05, 0.1) is 14.6 Å². The van der Waals surface area contributed by atoms with Gasteiger partial charge in [0.15, 0.2) is 34.9 Å². The summed E-state index contributed by atoms with van der Waals surface area (Å²) in [5, 5.41) is 1.82. The summed E-state index contributed by atoms with van der Waals surface area (Å²) >= 11 is 0. The first-order valence-electron chi connectivity index (χ1n) is 15.8. The van der Waals surface area contributed by atoms with E-state index in [4.69, 9.17) is 0 Å². The summed E-state index contributed by atoms with van der Waals surface area (Å²) in [5.41, 5.74) is 1.68. The molecule has 1 saturated carbocycles. The molecule has 256 valence electrons. The molecule has 0 saturated heterocycles. The third-order valence-corrected chi connectivity index (χ3v) is 14.2. The van der Waals surface area contributed by atoms with Crippen LogP contribution in [0.5, 0.6) is 0 Å². The highest BCUT2D eigenvalue weighted by Crippen LogP contribution is 2.54. The normalized spacial score (nSPS) is 16.8.